The van der Waals surface area contributed by atoms with E-state index in [1.807, 2.05) is 24.3 Å². The van der Waals surface area contributed by atoms with E-state index >= 15 is 0 Å². The predicted molar refractivity (Wildman–Crippen MR) is 57.8 cm³/mol. The van der Waals surface area contributed by atoms with E-state index in [0.29, 0.717) is 18.9 Å². The summed E-state index contributed by atoms with van der Waals surface area (Å²) in [6.07, 6.45) is 0.881. The Hall–Kier alpha value is -1.81. The van der Waals surface area contributed by atoms with Gasteiger partial charge in [-0.1, -0.05) is 18.2 Å². The first-order valence-electron chi connectivity index (χ1n) is 5.28. The minimum absolute atomic E-state index is 0.200. The molecule has 82 valence electrons. The number of benzene rings is 1. The summed E-state index contributed by atoms with van der Waals surface area (Å²) in [5, 5.41) is 2.29. The highest BCUT2D eigenvalue weighted by Gasteiger charge is 2.23. The zero-order chi connectivity index (χ0) is 11.0. The third kappa shape index (κ3) is 1.47. The number of hydroxylamine groups is 2. The van der Waals surface area contributed by atoms with Crippen LogP contribution in [0.2, 0.25) is 0 Å². The van der Waals surface area contributed by atoms with Crippen molar-refractivity contribution < 1.29 is 14.0 Å². The monoisotopic (exact) mass is 217 g/mol. The first-order chi connectivity index (χ1) is 7.84. The molecule has 4 heteroatoms. The Morgan fingerprint density at radius 2 is 2.19 bits per heavy atom. The summed E-state index contributed by atoms with van der Waals surface area (Å²) in [5.41, 5.74) is 0.727. The molecule has 0 bridgehead atoms. The van der Waals surface area contributed by atoms with Crippen LogP contribution >= 0.6 is 0 Å². The lowest BCUT2D eigenvalue weighted by molar-refractivity contribution is -0.0783. The number of rotatable bonds is 1. The number of carbonyl (C=O) groups excluding carboxylic acids is 1. The van der Waals surface area contributed by atoms with Gasteiger partial charge >= 0.3 is 5.91 Å². The Balaban J connectivity index is 1.96. The van der Waals surface area contributed by atoms with Crippen LogP contribution in [0.25, 0.3) is 11.0 Å². The minimum atomic E-state index is -0.200. The number of fused-ring (bicyclic) bond motifs is 1. The fourth-order valence-corrected chi connectivity index (χ4v) is 1.82. The Kier molecular flexibility index (Phi) is 2.15. The number of hydrogen-bond donors (Lipinski definition) is 0. The molecule has 0 N–H and O–H groups in total. The van der Waals surface area contributed by atoms with E-state index in [0.717, 1.165) is 17.4 Å². The number of hydrogen-bond acceptors (Lipinski definition) is 3. The molecule has 0 saturated carbocycles. The first-order valence-corrected chi connectivity index (χ1v) is 5.28. The molecule has 3 rings (SSSR count). The third-order valence-electron chi connectivity index (χ3n) is 2.62. The Labute approximate surface area is 92.4 Å². The molecule has 1 aliphatic heterocycles. The van der Waals surface area contributed by atoms with E-state index < -0.39 is 0 Å². The van der Waals surface area contributed by atoms with Gasteiger partial charge in [-0.25, -0.2) is 5.06 Å². The van der Waals surface area contributed by atoms with Crippen molar-refractivity contribution in [1.82, 2.24) is 5.06 Å². The quantitative estimate of drug-likeness (QED) is 0.735. The van der Waals surface area contributed by atoms with Crippen molar-refractivity contribution in [3.63, 3.8) is 0 Å². The molecule has 4 nitrogen and oxygen atoms in total. The Bertz CT molecular complexity index is 493. The number of nitrogens with zero attached hydrogens (tertiary/aromatic N) is 1. The van der Waals surface area contributed by atoms with Gasteiger partial charge in [-0.15, -0.1) is 0 Å². The number of furan rings is 1. The highest BCUT2D eigenvalue weighted by molar-refractivity contribution is 5.95. The molecule has 0 unspecified atom stereocenters. The maximum Gasteiger partial charge on any atom is 0.313 e. The maximum atomic E-state index is 11.9. The molecule has 2 aromatic rings. The predicted octanol–water partition coefficient (Wildman–Crippen LogP) is 2.21. The average molecular weight is 217 g/mol. The molecule has 1 aromatic heterocycles. The smallest absolute Gasteiger partial charge is 0.313 e. The Morgan fingerprint density at radius 1 is 1.31 bits per heavy atom. The van der Waals surface area contributed by atoms with Gasteiger partial charge in [-0.2, -0.15) is 0 Å². The summed E-state index contributed by atoms with van der Waals surface area (Å²) >= 11 is 0. The zero-order valence-electron chi connectivity index (χ0n) is 8.68. The maximum absolute atomic E-state index is 11.9. The van der Waals surface area contributed by atoms with Gasteiger partial charge in [0.25, 0.3) is 0 Å². The standard InChI is InChI=1S/C12H11NO3/c14-12(13-6-3-7-15-13)11-8-9-4-1-2-5-10(9)16-11/h1-2,4-5,8H,3,6-7H2. The topological polar surface area (TPSA) is 42.7 Å². The van der Waals surface area contributed by atoms with Crippen LogP contribution in [0, 0.1) is 0 Å². The Morgan fingerprint density at radius 3 is 2.94 bits per heavy atom. The molecule has 1 amide bonds. The van der Waals surface area contributed by atoms with E-state index in [1.165, 1.54) is 5.06 Å². The molecule has 0 radical (unpaired) electrons. The van der Waals surface area contributed by atoms with E-state index in [2.05, 4.69) is 0 Å². The van der Waals surface area contributed by atoms with Gasteiger partial charge in [-0.3, -0.25) is 9.63 Å². The lowest BCUT2D eigenvalue weighted by atomic mass is 10.2. The largest absolute Gasteiger partial charge is 0.451 e. The summed E-state index contributed by atoms with van der Waals surface area (Å²) < 4.78 is 5.47. The molecule has 0 aliphatic carbocycles. The van der Waals surface area contributed by atoms with Gasteiger partial charge in [0, 0.05) is 5.39 Å². The summed E-state index contributed by atoms with van der Waals surface area (Å²) in [6.45, 7) is 1.24. The van der Waals surface area contributed by atoms with E-state index in [1.54, 1.807) is 6.07 Å². The fourth-order valence-electron chi connectivity index (χ4n) is 1.82. The van der Waals surface area contributed by atoms with Crippen molar-refractivity contribution in [2.45, 2.75) is 6.42 Å². The normalized spacial score (nSPS) is 15.9. The van der Waals surface area contributed by atoms with Crippen LogP contribution in [0.4, 0.5) is 0 Å². The van der Waals surface area contributed by atoms with E-state index in [4.69, 9.17) is 9.25 Å². The summed E-state index contributed by atoms with van der Waals surface area (Å²) in [6, 6.07) is 9.31. The van der Waals surface area contributed by atoms with Crippen LogP contribution < -0.4 is 0 Å². The van der Waals surface area contributed by atoms with Crippen LogP contribution in [-0.4, -0.2) is 24.1 Å². The number of amides is 1. The van der Waals surface area contributed by atoms with Crippen LogP contribution in [0.1, 0.15) is 17.0 Å². The van der Waals surface area contributed by atoms with Crippen molar-refractivity contribution in [3.8, 4) is 0 Å². The molecule has 0 spiro atoms. The van der Waals surface area contributed by atoms with Gasteiger partial charge in [0.05, 0.1) is 13.2 Å². The van der Waals surface area contributed by atoms with Crippen molar-refractivity contribution >= 4 is 16.9 Å². The van der Waals surface area contributed by atoms with E-state index in [-0.39, 0.29) is 5.91 Å². The molecule has 16 heavy (non-hydrogen) atoms. The second kappa shape index (κ2) is 3.64. The van der Waals surface area contributed by atoms with Gasteiger partial charge in [0.15, 0.2) is 5.76 Å². The van der Waals surface area contributed by atoms with Crippen molar-refractivity contribution in [3.05, 3.63) is 36.1 Å². The highest BCUT2D eigenvalue weighted by Crippen LogP contribution is 2.21. The molecule has 0 atom stereocenters. The lowest BCUT2D eigenvalue weighted by Crippen LogP contribution is -2.25. The minimum Gasteiger partial charge on any atom is -0.451 e. The third-order valence-corrected chi connectivity index (χ3v) is 2.62. The van der Waals surface area contributed by atoms with Gasteiger partial charge in [0.2, 0.25) is 0 Å². The van der Waals surface area contributed by atoms with Crippen LogP contribution in [0.5, 0.6) is 0 Å². The van der Waals surface area contributed by atoms with Crippen molar-refractivity contribution in [2.24, 2.45) is 0 Å². The van der Waals surface area contributed by atoms with E-state index in [9.17, 15) is 4.79 Å². The SMILES string of the molecule is O=C(c1cc2ccccc2o1)N1CCCO1. The zero-order valence-corrected chi connectivity index (χ0v) is 8.68. The molecular weight excluding hydrogens is 206 g/mol. The lowest BCUT2D eigenvalue weighted by Gasteiger charge is -2.10. The molecule has 1 aliphatic rings. The van der Waals surface area contributed by atoms with Crippen LogP contribution in [0.3, 0.4) is 0 Å². The van der Waals surface area contributed by atoms with Crippen LogP contribution in [-0.2, 0) is 4.84 Å². The average Bonchev–Trinajstić information content (AvgIpc) is 2.97. The van der Waals surface area contributed by atoms with Gasteiger partial charge in [0.1, 0.15) is 5.58 Å². The van der Waals surface area contributed by atoms with Crippen LogP contribution in [0.15, 0.2) is 34.7 Å². The van der Waals surface area contributed by atoms with Crippen molar-refractivity contribution in [1.29, 1.82) is 0 Å². The van der Waals surface area contributed by atoms with Gasteiger partial charge < -0.3 is 4.42 Å². The number of para-hydroxylation sites is 1. The number of carbonyl (C=O) groups is 1. The molecule has 1 aromatic carbocycles. The fraction of sp³-hybridized carbons (Fsp3) is 0.250. The highest BCUT2D eigenvalue weighted by atomic mass is 16.7. The first kappa shape index (κ1) is 9.42. The molecule has 2 heterocycles. The summed E-state index contributed by atoms with van der Waals surface area (Å²) in [5.74, 6) is 0.136. The van der Waals surface area contributed by atoms with Gasteiger partial charge in [-0.05, 0) is 18.6 Å². The second-order valence-electron chi connectivity index (χ2n) is 3.74. The molecule has 1 saturated heterocycles. The summed E-state index contributed by atoms with van der Waals surface area (Å²) in [7, 11) is 0. The van der Waals surface area contributed by atoms with Crippen molar-refractivity contribution in [2.75, 3.05) is 13.2 Å². The summed E-state index contributed by atoms with van der Waals surface area (Å²) in [4.78, 5) is 17.1. The molecule has 1 fully saturated rings. The molecular formula is C12H11NO3. The second-order valence-corrected chi connectivity index (χ2v) is 3.74.